The number of benzene rings is 1. The number of ether oxygens (including phenoxy) is 2. The average molecular weight is 455 g/mol. The topological polar surface area (TPSA) is 131 Å². The van der Waals surface area contributed by atoms with E-state index in [1.165, 1.54) is 14.0 Å². The van der Waals surface area contributed by atoms with Crippen molar-refractivity contribution in [3.63, 3.8) is 0 Å². The van der Waals surface area contributed by atoms with E-state index in [1.807, 2.05) is 18.2 Å². The van der Waals surface area contributed by atoms with Gasteiger partial charge >= 0.3 is 12.1 Å². The zero-order chi connectivity index (χ0) is 23.1. The van der Waals surface area contributed by atoms with Gasteiger partial charge in [0, 0.05) is 19.3 Å². The lowest BCUT2D eigenvalue weighted by Gasteiger charge is -2.22. The summed E-state index contributed by atoms with van der Waals surface area (Å²) >= 11 is 1.03. The summed E-state index contributed by atoms with van der Waals surface area (Å²) in [4.78, 5) is 48.2. The maximum Gasteiger partial charge on any atom is 0.408 e. The summed E-state index contributed by atoms with van der Waals surface area (Å²) in [5, 5.41) is 13.9. The molecule has 0 aromatic heterocycles. The van der Waals surface area contributed by atoms with Crippen LogP contribution in [0.15, 0.2) is 30.3 Å². The van der Waals surface area contributed by atoms with Gasteiger partial charge in [0.1, 0.15) is 18.7 Å². The number of aliphatic hydroxyl groups excluding tert-OH is 1. The molecule has 3 N–H and O–H groups in total. The molecule has 0 aliphatic rings. The molecule has 0 saturated carbocycles. The van der Waals surface area contributed by atoms with Gasteiger partial charge in [-0.3, -0.25) is 9.59 Å². The Hall–Kier alpha value is -2.59. The second-order valence-corrected chi connectivity index (χ2v) is 7.96. The van der Waals surface area contributed by atoms with Gasteiger partial charge in [0.2, 0.25) is 5.91 Å². The zero-order valence-corrected chi connectivity index (χ0v) is 18.6. The number of hydrogen-bond acceptors (Lipinski definition) is 8. The number of amides is 2. The summed E-state index contributed by atoms with van der Waals surface area (Å²) in [6.07, 6.45) is 0.653. The predicted molar refractivity (Wildman–Crippen MR) is 116 cm³/mol. The highest BCUT2D eigenvalue weighted by Crippen LogP contribution is 2.09. The molecule has 1 aromatic rings. The van der Waals surface area contributed by atoms with Crippen LogP contribution in [-0.2, 0) is 30.5 Å². The SMILES string of the molecule is COC(=O)[C@H](CCCCO)NC(=O)[C@H](CCSC(C)=O)NC(=O)OCc1ccccc1. The fourth-order valence-corrected chi connectivity index (χ4v) is 3.26. The van der Waals surface area contributed by atoms with E-state index in [0.29, 0.717) is 18.6 Å². The third kappa shape index (κ3) is 11.4. The molecule has 9 nitrogen and oxygen atoms in total. The Morgan fingerprint density at radius 1 is 1.03 bits per heavy atom. The number of esters is 1. The fraction of sp³-hybridized carbons (Fsp3) is 0.524. The van der Waals surface area contributed by atoms with Crippen LogP contribution in [0.3, 0.4) is 0 Å². The monoisotopic (exact) mass is 454 g/mol. The van der Waals surface area contributed by atoms with Crippen molar-refractivity contribution in [1.29, 1.82) is 0 Å². The Labute approximate surface area is 186 Å². The number of aliphatic hydroxyl groups is 1. The van der Waals surface area contributed by atoms with Crippen LogP contribution in [0, 0.1) is 0 Å². The third-order valence-electron chi connectivity index (χ3n) is 4.24. The van der Waals surface area contributed by atoms with Crippen LogP contribution in [0.2, 0.25) is 0 Å². The predicted octanol–water partition coefficient (Wildman–Crippen LogP) is 1.77. The average Bonchev–Trinajstić information content (AvgIpc) is 2.76. The van der Waals surface area contributed by atoms with Crippen LogP contribution in [-0.4, -0.2) is 59.7 Å². The molecule has 1 rings (SSSR count). The molecule has 2 amide bonds. The van der Waals surface area contributed by atoms with Crippen molar-refractivity contribution in [2.75, 3.05) is 19.5 Å². The first-order valence-electron chi connectivity index (χ1n) is 9.97. The molecular formula is C21H30N2O7S. The number of alkyl carbamates (subject to hydrolysis) is 1. The number of carbonyl (C=O) groups is 4. The summed E-state index contributed by atoms with van der Waals surface area (Å²) in [6, 6.07) is 7.16. The van der Waals surface area contributed by atoms with Crippen LogP contribution in [0.25, 0.3) is 0 Å². The number of thioether (sulfide) groups is 1. The van der Waals surface area contributed by atoms with E-state index in [-0.39, 0.29) is 31.2 Å². The zero-order valence-electron chi connectivity index (χ0n) is 17.8. The molecule has 0 bridgehead atoms. The van der Waals surface area contributed by atoms with Crippen LogP contribution < -0.4 is 10.6 Å². The van der Waals surface area contributed by atoms with Crippen molar-refractivity contribution in [1.82, 2.24) is 10.6 Å². The molecule has 0 aliphatic heterocycles. The van der Waals surface area contributed by atoms with Gasteiger partial charge in [-0.15, -0.1) is 0 Å². The van der Waals surface area contributed by atoms with Crippen molar-refractivity contribution in [2.45, 2.75) is 51.3 Å². The van der Waals surface area contributed by atoms with Gasteiger partial charge in [0.15, 0.2) is 5.12 Å². The van der Waals surface area contributed by atoms with E-state index in [4.69, 9.17) is 14.6 Å². The van der Waals surface area contributed by atoms with Crippen molar-refractivity contribution < 1.29 is 33.8 Å². The van der Waals surface area contributed by atoms with Gasteiger partial charge in [-0.1, -0.05) is 42.1 Å². The van der Waals surface area contributed by atoms with E-state index < -0.39 is 30.1 Å². The lowest BCUT2D eigenvalue weighted by atomic mass is 10.1. The lowest BCUT2D eigenvalue weighted by Crippen LogP contribution is -2.52. The summed E-state index contributed by atoms with van der Waals surface area (Å²) in [6.45, 7) is 1.42. The maximum atomic E-state index is 12.8. The Morgan fingerprint density at radius 2 is 1.74 bits per heavy atom. The first kappa shape index (κ1) is 26.4. The molecule has 0 aliphatic carbocycles. The van der Waals surface area contributed by atoms with E-state index in [1.54, 1.807) is 12.1 Å². The highest BCUT2D eigenvalue weighted by molar-refractivity contribution is 8.13. The van der Waals surface area contributed by atoms with Crippen LogP contribution in [0.4, 0.5) is 4.79 Å². The molecule has 172 valence electrons. The normalized spacial score (nSPS) is 12.4. The van der Waals surface area contributed by atoms with Gasteiger partial charge in [0.25, 0.3) is 0 Å². The Balaban J connectivity index is 2.73. The number of rotatable bonds is 13. The highest BCUT2D eigenvalue weighted by atomic mass is 32.2. The van der Waals surface area contributed by atoms with E-state index in [2.05, 4.69) is 10.6 Å². The molecule has 0 heterocycles. The minimum atomic E-state index is -1.000. The Kier molecular flexibility index (Phi) is 13.0. The van der Waals surface area contributed by atoms with Gasteiger partial charge in [-0.05, 0) is 31.2 Å². The van der Waals surface area contributed by atoms with Crippen molar-refractivity contribution in [3.05, 3.63) is 35.9 Å². The number of hydrogen-bond donors (Lipinski definition) is 3. The second-order valence-electron chi connectivity index (χ2n) is 6.69. The summed E-state index contributed by atoms with van der Waals surface area (Å²) in [7, 11) is 1.22. The minimum Gasteiger partial charge on any atom is -0.467 e. The van der Waals surface area contributed by atoms with Crippen LogP contribution in [0.1, 0.15) is 38.2 Å². The third-order valence-corrected chi connectivity index (χ3v) is 5.08. The number of unbranched alkanes of at least 4 members (excludes halogenated alkanes) is 1. The smallest absolute Gasteiger partial charge is 0.408 e. The standard InChI is InChI=1S/C21H30N2O7S/c1-15(25)31-13-11-17(23-21(28)30-14-16-8-4-3-5-9-16)19(26)22-18(20(27)29-2)10-6-7-12-24/h3-5,8-9,17-18,24H,6-7,10-14H2,1-2H3,(H,22,26)(H,23,28)/t17-,18-/m0/s1. The molecule has 1 aromatic carbocycles. The summed E-state index contributed by atoms with van der Waals surface area (Å²) in [5.41, 5.74) is 0.792. The Morgan fingerprint density at radius 3 is 2.35 bits per heavy atom. The second kappa shape index (κ2) is 15.2. The van der Waals surface area contributed by atoms with E-state index in [9.17, 15) is 19.2 Å². The first-order chi connectivity index (χ1) is 14.9. The van der Waals surface area contributed by atoms with Crippen molar-refractivity contribution in [3.8, 4) is 0 Å². The molecule has 2 atom stereocenters. The number of nitrogens with one attached hydrogen (secondary N) is 2. The largest absolute Gasteiger partial charge is 0.467 e. The van der Waals surface area contributed by atoms with Gasteiger partial charge in [0.05, 0.1) is 7.11 Å². The Bertz CT molecular complexity index is 715. The molecule has 0 fully saturated rings. The van der Waals surface area contributed by atoms with Gasteiger partial charge < -0.3 is 25.2 Å². The lowest BCUT2D eigenvalue weighted by molar-refractivity contribution is -0.145. The summed E-state index contributed by atoms with van der Waals surface area (Å²) < 4.78 is 9.89. The van der Waals surface area contributed by atoms with Crippen LogP contribution in [0.5, 0.6) is 0 Å². The highest BCUT2D eigenvalue weighted by Gasteiger charge is 2.27. The quantitative estimate of drug-likeness (QED) is 0.304. The first-order valence-corrected chi connectivity index (χ1v) is 11.0. The van der Waals surface area contributed by atoms with Crippen molar-refractivity contribution in [2.24, 2.45) is 0 Å². The molecule has 0 saturated heterocycles. The number of methoxy groups -OCH3 is 1. The molecule has 0 unspecified atom stereocenters. The van der Waals surface area contributed by atoms with E-state index >= 15 is 0 Å². The van der Waals surface area contributed by atoms with Crippen molar-refractivity contribution >= 4 is 34.8 Å². The molecule has 10 heteroatoms. The van der Waals surface area contributed by atoms with Gasteiger partial charge in [-0.25, -0.2) is 9.59 Å². The number of carbonyl (C=O) groups excluding carboxylic acids is 4. The van der Waals surface area contributed by atoms with E-state index in [0.717, 1.165) is 17.3 Å². The molecular weight excluding hydrogens is 424 g/mol. The minimum absolute atomic E-state index is 0.0262. The van der Waals surface area contributed by atoms with Crippen LogP contribution >= 0.6 is 11.8 Å². The molecule has 0 radical (unpaired) electrons. The molecule has 0 spiro atoms. The van der Waals surface area contributed by atoms with Gasteiger partial charge in [-0.2, -0.15) is 0 Å². The fourth-order valence-electron chi connectivity index (χ4n) is 2.62. The molecule has 31 heavy (non-hydrogen) atoms. The maximum absolute atomic E-state index is 12.8. The summed E-state index contributed by atoms with van der Waals surface area (Å²) in [5.74, 6) is -0.894.